The van der Waals surface area contributed by atoms with Gasteiger partial charge in [-0.3, -0.25) is 9.78 Å². The molecule has 1 amide bonds. The molecule has 0 aliphatic heterocycles. The molecule has 1 aromatic heterocycles. The molecule has 0 radical (unpaired) electrons. The first-order valence-electron chi connectivity index (χ1n) is 7.46. The van der Waals surface area contributed by atoms with E-state index >= 15 is 0 Å². The molecule has 1 heterocycles. The molecule has 1 aromatic carbocycles. The van der Waals surface area contributed by atoms with Crippen molar-refractivity contribution in [2.24, 2.45) is 5.92 Å². The molecule has 3 heteroatoms. The lowest BCUT2D eigenvalue weighted by atomic mass is 10.0. The number of benzene rings is 1. The van der Waals surface area contributed by atoms with Gasteiger partial charge in [0.05, 0.1) is 11.2 Å². The normalized spacial score (nSPS) is 15.6. The van der Waals surface area contributed by atoms with Crippen LogP contribution in [0.2, 0.25) is 0 Å². The van der Waals surface area contributed by atoms with Crippen molar-refractivity contribution in [2.75, 3.05) is 5.32 Å². The van der Waals surface area contributed by atoms with Crippen molar-refractivity contribution in [3.05, 3.63) is 36.5 Å². The van der Waals surface area contributed by atoms with E-state index in [9.17, 15) is 4.79 Å². The lowest BCUT2D eigenvalue weighted by Crippen LogP contribution is -2.13. The zero-order chi connectivity index (χ0) is 13.8. The van der Waals surface area contributed by atoms with E-state index in [1.165, 1.54) is 25.7 Å². The first-order valence-corrected chi connectivity index (χ1v) is 7.46. The van der Waals surface area contributed by atoms with Crippen LogP contribution in [0.4, 0.5) is 5.69 Å². The summed E-state index contributed by atoms with van der Waals surface area (Å²) in [4.78, 5) is 16.4. The van der Waals surface area contributed by atoms with Crippen molar-refractivity contribution in [3.63, 3.8) is 0 Å². The summed E-state index contributed by atoms with van der Waals surface area (Å²) in [6, 6.07) is 9.81. The summed E-state index contributed by atoms with van der Waals surface area (Å²) in [5, 5.41) is 4.06. The number of fused-ring (bicyclic) bond motifs is 1. The molecule has 1 saturated carbocycles. The van der Waals surface area contributed by atoms with E-state index in [0.29, 0.717) is 6.42 Å². The van der Waals surface area contributed by atoms with Gasteiger partial charge in [0.15, 0.2) is 0 Å². The van der Waals surface area contributed by atoms with Crippen molar-refractivity contribution in [1.29, 1.82) is 0 Å². The van der Waals surface area contributed by atoms with Gasteiger partial charge in [-0.2, -0.15) is 0 Å². The van der Waals surface area contributed by atoms with Gasteiger partial charge >= 0.3 is 0 Å². The first kappa shape index (κ1) is 13.1. The molecule has 0 atom stereocenters. The molecule has 20 heavy (non-hydrogen) atoms. The number of pyridine rings is 1. The lowest BCUT2D eigenvalue weighted by Gasteiger charge is -2.10. The maximum absolute atomic E-state index is 12.1. The zero-order valence-electron chi connectivity index (χ0n) is 11.6. The maximum atomic E-state index is 12.1. The van der Waals surface area contributed by atoms with Crippen LogP contribution in [-0.4, -0.2) is 10.9 Å². The second kappa shape index (κ2) is 6.04. The van der Waals surface area contributed by atoms with Crippen LogP contribution >= 0.6 is 0 Å². The Kier molecular flexibility index (Phi) is 3.95. The molecule has 1 aliphatic rings. The minimum atomic E-state index is 0.107. The van der Waals surface area contributed by atoms with Gasteiger partial charge in [0.25, 0.3) is 0 Å². The average Bonchev–Trinajstić information content (AvgIpc) is 2.99. The highest BCUT2D eigenvalue weighted by atomic mass is 16.1. The molecule has 0 unspecified atom stereocenters. The minimum Gasteiger partial charge on any atom is -0.324 e. The van der Waals surface area contributed by atoms with Gasteiger partial charge in [0.1, 0.15) is 0 Å². The predicted molar refractivity (Wildman–Crippen MR) is 81.6 cm³/mol. The van der Waals surface area contributed by atoms with Crippen LogP contribution in [0.1, 0.15) is 38.5 Å². The highest BCUT2D eigenvalue weighted by molar-refractivity contribution is 6.00. The van der Waals surface area contributed by atoms with Gasteiger partial charge in [0, 0.05) is 18.0 Å². The van der Waals surface area contributed by atoms with Crippen LogP contribution in [0.25, 0.3) is 10.9 Å². The molecular weight excluding hydrogens is 248 g/mol. The highest BCUT2D eigenvalue weighted by Gasteiger charge is 2.16. The summed E-state index contributed by atoms with van der Waals surface area (Å²) in [6.45, 7) is 0. The topological polar surface area (TPSA) is 42.0 Å². The Morgan fingerprint density at radius 2 is 2.00 bits per heavy atom. The Labute approximate surface area is 119 Å². The second-order valence-corrected chi connectivity index (χ2v) is 5.62. The van der Waals surface area contributed by atoms with Crippen LogP contribution in [0.3, 0.4) is 0 Å². The molecule has 104 valence electrons. The van der Waals surface area contributed by atoms with Crippen molar-refractivity contribution in [1.82, 2.24) is 4.98 Å². The third-order valence-electron chi connectivity index (χ3n) is 4.16. The fourth-order valence-corrected chi connectivity index (χ4v) is 3.05. The van der Waals surface area contributed by atoms with E-state index in [1.54, 1.807) is 6.20 Å². The predicted octanol–water partition coefficient (Wildman–Crippen LogP) is 4.14. The number of nitrogens with one attached hydrogen (secondary N) is 1. The highest BCUT2D eigenvalue weighted by Crippen LogP contribution is 2.28. The summed E-state index contributed by atoms with van der Waals surface area (Å²) in [5.41, 5.74) is 1.68. The van der Waals surface area contributed by atoms with E-state index in [-0.39, 0.29) is 5.91 Å². The molecule has 1 fully saturated rings. The van der Waals surface area contributed by atoms with Gasteiger partial charge in [-0.15, -0.1) is 0 Å². The lowest BCUT2D eigenvalue weighted by molar-refractivity contribution is -0.116. The Bertz CT molecular complexity index is 597. The average molecular weight is 268 g/mol. The van der Waals surface area contributed by atoms with Crippen LogP contribution < -0.4 is 5.32 Å². The maximum Gasteiger partial charge on any atom is 0.224 e. The van der Waals surface area contributed by atoms with E-state index in [1.807, 2.05) is 30.3 Å². The van der Waals surface area contributed by atoms with Crippen LogP contribution in [0.15, 0.2) is 36.5 Å². The fourth-order valence-electron chi connectivity index (χ4n) is 3.05. The third-order valence-corrected chi connectivity index (χ3v) is 4.16. The number of nitrogens with zero attached hydrogens (tertiary/aromatic N) is 1. The Balaban J connectivity index is 1.65. The fraction of sp³-hybridized carbons (Fsp3) is 0.412. The number of carbonyl (C=O) groups is 1. The van der Waals surface area contributed by atoms with Crippen LogP contribution in [-0.2, 0) is 4.79 Å². The second-order valence-electron chi connectivity index (χ2n) is 5.62. The molecule has 2 aromatic rings. The molecule has 1 N–H and O–H groups in total. The number of para-hydroxylation sites is 1. The third kappa shape index (κ3) is 2.98. The Morgan fingerprint density at radius 3 is 2.85 bits per heavy atom. The standard InChI is InChI=1S/C17H20N2O/c20-16(11-10-13-5-1-2-6-13)19-15-9-3-7-14-8-4-12-18-17(14)15/h3-4,7-9,12-13H,1-2,5-6,10-11H2,(H,19,20). The number of carbonyl (C=O) groups excluding carboxylic acids is 1. The monoisotopic (exact) mass is 268 g/mol. The van der Waals surface area contributed by atoms with Gasteiger partial charge in [-0.05, 0) is 24.5 Å². The zero-order valence-corrected chi connectivity index (χ0v) is 11.6. The van der Waals surface area contributed by atoms with Gasteiger partial charge in [-0.25, -0.2) is 0 Å². The van der Waals surface area contributed by atoms with E-state index in [0.717, 1.165) is 28.9 Å². The van der Waals surface area contributed by atoms with E-state index in [2.05, 4.69) is 10.3 Å². The van der Waals surface area contributed by atoms with Gasteiger partial charge in [0.2, 0.25) is 5.91 Å². The number of hydrogen-bond donors (Lipinski definition) is 1. The molecule has 0 spiro atoms. The number of rotatable bonds is 4. The molecule has 3 nitrogen and oxygen atoms in total. The Morgan fingerprint density at radius 1 is 1.20 bits per heavy atom. The summed E-state index contributed by atoms with van der Waals surface area (Å²) >= 11 is 0. The number of hydrogen-bond acceptors (Lipinski definition) is 2. The smallest absolute Gasteiger partial charge is 0.224 e. The largest absolute Gasteiger partial charge is 0.324 e. The van der Waals surface area contributed by atoms with Crippen LogP contribution in [0, 0.1) is 5.92 Å². The molecule has 1 aliphatic carbocycles. The van der Waals surface area contributed by atoms with E-state index < -0.39 is 0 Å². The van der Waals surface area contributed by atoms with Gasteiger partial charge in [-0.1, -0.05) is 43.9 Å². The number of aromatic nitrogens is 1. The van der Waals surface area contributed by atoms with Crippen molar-refractivity contribution in [3.8, 4) is 0 Å². The molecular formula is C17H20N2O. The molecule has 0 saturated heterocycles. The summed E-state index contributed by atoms with van der Waals surface area (Å²) in [5.74, 6) is 0.862. The van der Waals surface area contributed by atoms with Crippen LogP contribution in [0.5, 0.6) is 0 Å². The summed E-state index contributed by atoms with van der Waals surface area (Å²) in [7, 11) is 0. The molecule has 0 bridgehead atoms. The van der Waals surface area contributed by atoms with E-state index in [4.69, 9.17) is 0 Å². The quantitative estimate of drug-likeness (QED) is 0.905. The Hall–Kier alpha value is -1.90. The summed E-state index contributed by atoms with van der Waals surface area (Å²) in [6.07, 6.45) is 8.65. The van der Waals surface area contributed by atoms with Crippen molar-refractivity contribution >= 4 is 22.5 Å². The number of amides is 1. The van der Waals surface area contributed by atoms with Crippen molar-refractivity contribution < 1.29 is 4.79 Å². The van der Waals surface area contributed by atoms with Crippen molar-refractivity contribution in [2.45, 2.75) is 38.5 Å². The molecule has 3 rings (SSSR count). The summed E-state index contributed by atoms with van der Waals surface area (Å²) < 4.78 is 0. The first-order chi connectivity index (χ1) is 9.83. The number of anilines is 1. The van der Waals surface area contributed by atoms with Gasteiger partial charge < -0.3 is 5.32 Å². The SMILES string of the molecule is O=C(CCC1CCCC1)Nc1cccc2cccnc12. The minimum absolute atomic E-state index is 0.107.